The Kier molecular flexibility index (Phi) is 5.96. The lowest BCUT2D eigenvalue weighted by molar-refractivity contribution is -0.292. The van der Waals surface area contributed by atoms with E-state index in [-0.39, 0.29) is 12.7 Å². The van der Waals surface area contributed by atoms with E-state index < -0.39 is 24.6 Å². The first-order valence-corrected chi connectivity index (χ1v) is 6.80. The molecule has 0 aliphatic carbocycles. The Labute approximate surface area is 112 Å². The molecular weight excluding hydrogens is 254 g/mol. The maximum absolute atomic E-state index is 10.1. The van der Waals surface area contributed by atoms with Gasteiger partial charge in [-0.05, 0) is 19.4 Å². The molecule has 5 unspecified atom stereocenters. The van der Waals surface area contributed by atoms with Crippen LogP contribution in [0.25, 0.3) is 0 Å². The van der Waals surface area contributed by atoms with Gasteiger partial charge >= 0.3 is 0 Å². The standard InChI is InChI=1S/C12H23NO6/c14-4-1-3-13-7-8-11-9(15)10(16)12(19-8)18-6-2-5-17-11/h8-16H,1-7H2. The Morgan fingerprint density at radius 3 is 2.68 bits per heavy atom. The lowest BCUT2D eigenvalue weighted by atomic mass is 9.98. The van der Waals surface area contributed by atoms with E-state index in [2.05, 4.69) is 5.32 Å². The minimum atomic E-state index is -1.09. The zero-order valence-corrected chi connectivity index (χ0v) is 10.9. The Hall–Kier alpha value is -0.280. The molecule has 3 fully saturated rings. The molecule has 3 aliphatic heterocycles. The molecule has 3 heterocycles. The van der Waals surface area contributed by atoms with E-state index in [0.29, 0.717) is 39.1 Å². The number of hydrogen-bond acceptors (Lipinski definition) is 7. The van der Waals surface area contributed by atoms with Crippen molar-refractivity contribution in [2.75, 3.05) is 32.9 Å². The largest absolute Gasteiger partial charge is 0.396 e. The molecule has 19 heavy (non-hydrogen) atoms. The van der Waals surface area contributed by atoms with Crippen molar-refractivity contribution in [3.8, 4) is 0 Å². The van der Waals surface area contributed by atoms with Crippen molar-refractivity contribution in [3.63, 3.8) is 0 Å². The normalized spacial score (nSPS) is 39.6. The third kappa shape index (κ3) is 3.85. The van der Waals surface area contributed by atoms with E-state index in [1.165, 1.54) is 0 Å². The zero-order chi connectivity index (χ0) is 13.7. The van der Waals surface area contributed by atoms with E-state index in [4.69, 9.17) is 19.3 Å². The molecule has 7 nitrogen and oxygen atoms in total. The Bertz CT molecular complexity index is 265. The Morgan fingerprint density at radius 1 is 1.11 bits per heavy atom. The van der Waals surface area contributed by atoms with E-state index in [0.717, 1.165) is 0 Å². The summed E-state index contributed by atoms with van der Waals surface area (Å²) < 4.78 is 16.7. The fraction of sp³-hybridized carbons (Fsp3) is 1.00. The molecule has 3 rings (SSSR count). The van der Waals surface area contributed by atoms with Crippen molar-refractivity contribution in [2.45, 2.75) is 43.5 Å². The van der Waals surface area contributed by atoms with Gasteiger partial charge in [-0.15, -0.1) is 0 Å². The van der Waals surface area contributed by atoms with E-state index >= 15 is 0 Å². The number of aliphatic hydroxyl groups is 3. The third-order valence-corrected chi connectivity index (χ3v) is 3.38. The van der Waals surface area contributed by atoms with Crippen LogP contribution in [-0.4, -0.2) is 78.9 Å². The van der Waals surface area contributed by atoms with Gasteiger partial charge in [0.1, 0.15) is 24.4 Å². The first-order valence-electron chi connectivity index (χ1n) is 6.80. The maximum atomic E-state index is 10.1. The van der Waals surface area contributed by atoms with Gasteiger partial charge in [-0.25, -0.2) is 0 Å². The van der Waals surface area contributed by atoms with Gasteiger partial charge in [-0.3, -0.25) is 0 Å². The quantitative estimate of drug-likeness (QED) is 0.440. The molecule has 4 N–H and O–H groups in total. The van der Waals surface area contributed by atoms with E-state index in [1.54, 1.807) is 0 Å². The van der Waals surface area contributed by atoms with Gasteiger partial charge in [0.2, 0.25) is 0 Å². The van der Waals surface area contributed by atoms with Gasteiger partial charge in [0, 0.05) is 19.8 Å². The average Bonchev–Trinajstić information content (AvgIpc) is 2.55. The molecule has 2 bridgehead atoms. The summed E-state index contributed by atoms with van der Waals surface area (Å²) in [6.45, 7) is 2.18. The summed E-state index contributed by atoms with van der Waals surface area (Å²) in [5, 5.41) is 31.8. The molecule has 7 heteroatoms. The van der Waals surface area contributed by atoms with Crippen LogP contribution in [0.4, 0.5) is 0 Å². The van der Waals surface area contributed by atoms with Crippen LogP contribution in [-0.2, 0) is 14.2 Å². The van der Waals surface area contributed by atoms with Crippen LogP contribution in [0.1, 0.15) is 12.8 Å². The summed E-state index contributed by atoms with van der Waals surface area (Å²) in [6.07, 6.45) is -2.48. The molecule has 0 aromatic heterocycles. The number of fused-ring (bicyclic) bond motifs is 6. The van der Waals surface area contributed by atoms with E-state index in [1.807, 2.05) is 0 Å². The van der Waals surface area contributed by atoms with Crippen molar-refractivity contribution in [1.82, 2.24) is 5.32 Å². The van der Waals surface area contributed by atoms with Crippen LogP contribution in [0.5, 0.6) is 0 Å². The molecule has 112 valence electrons. The molecule has 3 saturated heterocycles. The predicted octanol–water partition coefficient (Wildman–Crippen LogP) is -1.79. The number of rotatable bonds is 5. The number of aliphatic hydroxyl groups excluding tert-OH is 3. The van der Waals surface area contributed by atoms with Crippen LogP contribution in [0.2, 0.25) is 0 Å². The van der Waals surface area contributed by atoms with Crippen molar-refractivity contribution < 1.29 is 29.5 Å². The van der Waals surface area contributed by atoms with Gasteiger partial charge in [-0.2, -0.15) is 0 Å². The highest BCUT2D eigenvalue weighted by atomic mass is 16.7. The zero-order valence-electron chi connectivity index (χ0n) is 10.9. The molecule has 0 aromatic carbocycles. The second-order valence-electron chi connectivity index (χ2n) is 4.87. The molecule has 3 aliphatic rings. The third-order valence-electron chi connectivity index (χ3n) is 3.38. The smallest absolute Gasteiger partial charge is 0.186 e. The highest BCUT2D eigenvalue weighted by Gasteiger charge is 2.46. The SMILES string of the molecule is OCCCNCC1OC2OCCCOC1C(O)C2O. The molecular formula is C12H23NO6. The molecule has 0 aromatic rings. The van der Waals surface area contributed by atoms with Crippen molar-refractivity contribution in [1.29, 1.82) is 0 Å². The monoisotopic (exact) mass is 277 g/mol. The number of nitrogens with one attached hydrogen (secondary N) is 1. The fourth-order valence-electron chi connectivity index (χ4n) is 2.34. The van der Waals surface area contributed by atoms with Crippen molar-refractivity contribution in [3.05, 3.63) is 0 Å². The Morgan fingerprint density at radius 2 is 1.89 bits per heavy atom. The summed E-state index contributed by atoms with van der Waals surface area (Å²) >= 11 is 0. The summed E-state index contributed by atoms with van der Waals surface area (Å²) in [6, 6.07) is 0. The number of ether oxygens (including phenoxy) is 3. The van der Waals surface area contributed by atoms with Crippen molar-refractivity contribution >= 4 is 0 Å². The molecule has 0 amide bonds. The van der Waals surface area contributed by atoms with Crippen LogP contribution in [0.3, 0.4) is 0 Å². The van der Waals surface area contributed by atoms with Crippen LogP contribution in [0, 0.1) is 0 Å². The van der Waals surface area contributed by atoms with Crippen LogP contribution >= 0.6 is 0 Å². The fourth-order valence-corrected chi connectivity index (χ4v) is 2.34. The summed E-state index contributed by atoms with van der Waals surface area (Å²) in [5.41, 5.74) is 0. The first kappa shape index (κ1) is 15.1. The highest BCUT2D eigenvalue weighted by Crippen LogP contribution is 2.25. The minimum Gasteiger partial charge on any atom is -0.396 e. The average molecular weight is 277 g/mol. The number of hydrogen-bond donors (Lipinski definition) is 4. The minimum absolute atomic E-state index is 0.130. The highest BCUT2D eigenvalue weighted by molar-refractivity contribution is 4.92. The van der Waals surface area contributed by atoms with Gasteiger partial charge in [-0.1, -0.05) is 0 Å². The topological polar surface area (TPSA) is 100 Å². The predicted molar refractivity (Wildman–Crippen MR) is 65.6 cm³/mol. The van der Waals surface area contributed by atoms with Gasteiger partial charge in [0.15, 0.2) is 6.29 Å². The second kappa shape index (κ2) is 7.49. The van der Waals surface area contributed by atoms with Crippen LogP contribution < -0.4 is 5.32 Å². The molecule has 0 radical (unpaired) electrons. The lowest BCUT2D eigenvalue weighted by Gasteiger charge is -2.41. The lowest BCUT2D eigenvalue weighted by Crippen LogP contribution is -2.60. The van der Waals surface area contributed by atoms with Gasteiger partial charge in [0.25, 0.3) is 0 Å². The Balaban J connectivity index is 1.94. The van der Waals surface area contributed by atoms with Gasteiger partial charge < -0.3 is 34.8 Å². The summed E-state index contributed by atoms with van der Waals surface area (Å²) in [4.78, 5) is 0. The van der Waals surface area contributed by atoms with Crippen LogP contribution in [0.15, 0.2) is 0 Å². The van der Waals surface area contributed by atoms with Gasteiger partial charge in [0.05, 0.1) is 6.61 Å². The maximum Gasteiger partial charge on any atom is 0.186 e. The molecule has 5 atom stereocenters. The summed E-state index contributed by atoms with van der Waals surface area (Å²) in [7, 11) is 0. The second-order valence-corrected chi connectivity index (χ2v) is 4.87. The first-order chi connectivity index (χ1) is 9.24. The molecule has 0 spiro atoms. The summed E-state index contributed by atoms with van der Waals surface area (Å²) in [5.74, 6) is 0. The van der Waals surface area contributed by atoms with Crippen molar-refractivity contribution in [2.24, 2.45) is 0 Å². The molecule has 0 saturated carbocycles. The van der Waals surface area contributed by atoms with E-state index in [9.17, 15) is 10.2 Å².